The van der Waals surface area contributed by atoms with E-state index in [2.05, 4.69) is 66.0 Å². The molecule has 120 valence electrons. The Kier molecular flexibility index (Phi) is 5.20. The maximum atomic E-state index is 3.64. The molecule has 1 fully saturated rings. The highest BCUT2D eigenvalue weighted by Crippen LogP contribution is 2.37. The number of halogens is 1. The summed E-state index contributed by atoms with van der Waals surface area (Å²) in [6.07, 6.45) is 9.75. The minimum atomic E-state index is 0. The molecule has 0 aliphatic heterocycles. The molecule has 4 rings (SSSR count). The second kappa shape index (κ2) is 7.33. The highest BCUT2D eigenvalue weighted by atomic mass is 35.5. The molecule has 0 radical (unpaired) electrons. The highest BCUT2D eigenvalue weighted by Gasteiger charge is 2.22. The number of hydrogen-bond acceptors (Lipinski definition) is 1. The molecule has 23 heavy (non-hydrogen) atoms. The van der Waals surface area contributed by atoms with E-state index in [-0.39, 0.29) is 12.4 Å². The molecule has 0 aromatic heterocycles. The van der Waals surface area contributed by atoms with Gasteiger partial charge in [-0.05, 0) is 54.5 Å². The van der Waals surface area contributed by atoms with Gasteiger partial charge >= 0.3 is 0 Å². The van der Waals surface area contributed by atoms with Gasteiger partial charge in [-0.15, -0.1) is 12.4 Å². The Morgan fingerprint density at radius 2 is 1.39 bits per heavy atom. The molecular formula is C21H24ClN. The summed E-state index contributed by atoms with van der Waals surface area (Å²) >= 11 is 0. The van der Waals surface area contributed by atoms with Crippen molar-refractivity contribution in [3.05, 3.63) is 70.8 Å². The van der Waals surface area contributed by atoms with Crippen LogP contribution in [0.25, 0.3) is 12.2 Å². The van der Waals surface area contributed by atoms with E-state index in [1.165, 1.54) is 47.9 Å². The van der Waals surface area contributed by atoms with Crippen LogP contribution in [0.15, 0.2) is 48.5 Å². The van der Waals surface area contributed by atoms with Gasteiger partial charge in [-0.3, -0.25) is 0 Å². The normalized spacial score (nSPS) is 16.2. The minimum absolute atomic E-state index is 0. The fraction of sp³-hybridized carbons (Fsp3) is 0.333. The lowest BCUT2D eigenvalue weighted by Crippen LogP contribution is -2.18. The first-order valence-corrected chi connectivity index (χ1v) is 8.51. The molecule has 2 aliphatic rings. The van der Waals surface area contributed by atoms with Crippen molar-refractivity contribution < 1.29 is 0 Å². The monoisotopic (exact) mass is 325 g/mol. The molecule has 0 bridgehead atoms. The summed E-state index contributed by atoms with van der Waals surface area (Å²) in [6.45, 7) is 1.15. The second-order valence-corrected chi connectivity index (χ2v) is 6.51. The summed E-state index contributed by atoms with van der Waals surface area (Å²) in [6, 6.07) is 18.6. The third-order valence-corrected chi connectivity index (χ3v) is 4.87. The van der Waals surface area contributed by atoms with Crippen LogP contribution < -0.4 is 5.32 Å². The maximum Gasteiger partial charge on any atom is 0.0102 e. The molecular weight excluding hydrogens is 302 g/mol. The Hall–Kier alpha value is -1.57. The van der Waals surface area contributed by atoms with Crippen LogP contribution in [0.2, 0.25) is 0 Å². The van der Waals surface area contributed by atoms with Crippen LogP contribution in [-0.2, 0) is 0 Å². The van der Waals surface area contributed by atoms with Gasteiger partial charge < -0.3 is 5.32 Å². The summed E-state index contributed by atoms with van der Waals surface area (Å²) < 4.78 is 0. The Balaban J connectivity index is 0.00000156. The van der Waals surface area contributed by atoms with Crippen LogP contribution in [0.3, 0.4) is 0 Å². The molecule has 0 atom stereocenters. The first kappa shape index (κ1) is 16.3. The van der Waals surface area contributed by atoms with Crippen molar-refractivity contribution in [2.24, 2.45) is 0 Å². The van der Waals surface area contributed by atoms with Gasteiger partial charge in [0.05, 0.1) is 0 Å². The average Bonchev–Trinajstić information content (AvgIpc) is 3.39. The third-order valence-electron chi connectivity index (χ3n) is 4.87. The van der Waals surface area contributed by atoms with Gasteiger partial charge in [-0.25, -0.2) is 0 Å². The van der Waals surface area contributed by atoms with E-state index in [0.717, 1.165) is 12.6 Å². The molecule has 2 aliphatic carbocycles. The summed E-state index contributed by atoms with van der Waals surface area (Å²) in [5.41, 5.74) is 5.71. The molecule has 1 saturated carbocycles. The molecule has 2 aromatic carbocycles. The van der Waals surface area contributed by atoms with E-state index in [0.29, 0.717) is 5.92 Å². The largest absolute Gasteiger partial charge is 0.314 e. The number of benzene rings is 2. The lowest BCUT2D eigenvalue weighted by molar-refractivity contribution is 0.591. The lowest BCUT2D eigenvalue weighted by Gasteiger charge is -2.20. The number of hydrogen-bond donors (Lipinski definition) is 1. The predicted octanol–water partition coefficient (Wildman–Crippen LogP) is 5.26. The van der Waals surface area contributed by atoms with Crippen LogP contribution >= 0.6 is 12.4 Å². The van der Waals surface area contributed by atoms with Crippen LogP contribution in [0.5, 0.6) is 0 Å². The van der Waals surface area contributed by atoms with Gasteiger partial charge in [0.2, 0.25) is 0 Å². The molecule has 2 aromatic rings. The van der Waals surface area contributed by atoms with Gasteiger partial charge in [0.15, 0.2) is 0 Å². The molecule has 0 saturated heterocycles. The summed E-state index contributed by atoms with van der Waals surface area (Å²) in [5.74, 6) is 0.517. The average molecular weight is 326 g/mol. The standard InChI is InChI=1S/C21H23N.ClH/c1-3-8-19-16(6-1)11-12-17-7-2-4-9-20(17)21(19)10-5-15-22-18-13-14-18;/h1-4,6-9,11-12,18,21-22H,5,10,13-15H2;1H. The van der Waals surface area contributed by atoms with Gasteiger partial charge in [-0.2, -0.15) is 0 Å². The minimum Gasteiger partial charge on any atom is -0.314 e. The fourth-order valence-corrected chi connectivity index (χ4v) is 3.52. The molecule has 1 N–H and O–H groups in total. The number of nitrogens with one attached hydrogen (secondary N) is 1. The molecule has 0 amide bonds. The van der Waals surface area contributed by atoms with E-state index >= 15 is 0 Å². The number of rotatable bonds is 5. The summed E-state index contributed by atoms with van der Waals surface area (Å²) in [7, 11) is 0. The van der Waals surface area contributed by atoms with Crippen LogP contribution in [-0.4, -0.2) is 12.6 Å². The molecule has 0 unspecified atom stereocenters. The molecule has 0 spiro atoms. The van der Waals surface area contributed by atoms with Crippen LogP contribution in [0.1, 0.15) is 53.9 Å². The molecule has 1 nitrogen and oxygen atoms in total. The van der Waals surface area contributed by atoms with E-state index in [9.17, 15) is 0 Å². The maximum absolute atomic E-state index is 3.64. The Morgan fingerprint density at radius 3 is 1.96 bits per heavy atom. The Labute approximate surface area is 145 Å². The van der Waals surface area contributed by atoms with Gasteiger partial charge in [0, 0.05) is 12.0 Å². The smallest absolute Gasteiger partial charge is 0.0102 e. The zero-order valence-corrected chi connectivity index (χ0v) is 14.2. The van der Waals surface area contributed by atoms with Crippen molar-refractivity contribution in [3.8, 4) is 0 Å². The zero-order chi connectivity index (χ0) is 14.8. The van der Waals surface area contributed by atoms with Gasteiger partial charge in [0.25, 0.3) is 0 Å². The second-order valence-electron chi connectivity index (χ2n) is 6.51. The van der Waals surface area contributed by atoms with Crippen molar-refractivity contribution in [1.29, 1.82) is 0 Å². The Bertz CT molecular complexity index is 638. The fourth-order valence-electron chi connectivity index (χ4n) is 3.52. The Morgan fingerprint density at radius 1 is 0.826 bits per heavy atom. The topological polar surface area (TPSA) is 12.0 Å². The first-order chi connectivity index (χ1) is 10.9. The van der Waals surface area contributed by atoms with E-state index in [1.807, 2.05) is 0 Å². The number of fused-ring (bicyclic) bond motifs is 2. The predicted molar refractivity (Wildman–Crippen MR) is 101 cm³/mol. The molecule has 2 heteroatoms. The van der Waals surface area contributed by atoms with Gasteiger partial charge in [0.1, 0.15) is 0 Å². The quantitative estimate of drug-likeness (QED) is 0.740. The van der Waals surface area contributed by atoms with Crippen molar-refractivity contribution >= 4 is 24.6 Å². The highest BCUT2D eigenvalue weighted by molar-refractivity contribution is 5.85. The van der Waals surface area contributed by atoms with E-state index < -0.39 is 0 Å². The van der Waals surface area contributed by atoms with Crippen molar-refractivity contribution in [2.75, 3.05) is 6.54 Å². The zero-order valence-electron chi connectivity index (χ0n) is 13.4. The van der Waals surface area contributed by atoms with Crippen LogP contribution in [0, 0.1) is 0 Å². The third kappa shape index (κ3) is 3.68. The van der Waals surface area contributed by atoms with Gasteiger partial charge in [-0.1, -0.05) is 60.7 Å². The molecule has 0 heterocycles. The lowest BCUT2D eigenvalue weighted by atomic mass is 9.84. The summed E-state index contributed by atoms with van der Waals surface area (Å²) in [4.78, 5) is 0. The van der Waals surface area contributed by atoms with E-state index in [4.69, 9.17) is 0 Å². The van der Waals surface area contributed by atoms with Crippen molar-refractivity contribution in [1.82, 2.24) is 5.32 Å². The SMILES string of the molecule is C1=Cc2ccccc2C(CCCNC2CC2)c2ccccc21.Cl. The van der Waals surface area contributed by atoms with Crippen molar-refractivity contribution in [2.45, 2.75) is 37.6 Å². The van der Waals surface area contributed by atoms with Crippen molar-refractivity contribution in [3.63, 3.8) is 0 Å². The van der Waals surface area contributed by atoms with E-state index in [1.54, 1.807) is 0 Å². The van der Waals surface area contributed by atoms with Crippen LogP contribution in [0.4, 0.5) is 0 Å². The summed E-state index contributed by atoms with van der Waals surface area (Å²) in [5, 5.41) is 3.64. The first-order valence-electron chi connectivity index (χ1n) is 8.51.